The lowest BCUT2D eigenvalue weighted by atomic mass is 9.99. The molecule has 128 valence electrons. The van der Waals surface area contributed by atoms with E-state index in [2.05, 4.69) is 27.1 Å². The molecule has 0 saturated carbocycles. The molecule has 0 radical (unpaired) electrons. The maximum Gasteiger partial charge on any atom is 0.407 e. The summed E-state index contributed by atoms with van der Waals surface area (Å²) in [5.41, 5.74) is 0.500. The van der Waals surface area contributed by atoms with E-state index in [0.717, 1.165) is 18.7 Å². The number of hydrogen-bond donors (Lipinski definition) is 1. The fraction of sp³-hybridized carbons (Fsp3) is 0.706. The van der Waals surface area contributed by atoms with E-state index in [1.54, 1.807) is 12.4 Å². The summed E-state index contributed by atoms with van der Waals surface area (Å²) in [5.74, 6) is 0. The molecule has 1 aliphatic rings. The number of aromatic nitrogens is 2. The standard InChI is InChI=1S/C17H28N4O2/c1-13(15-12-18-8-9-19-15)21-10-6-5-7-14(21)11-20-16(22)23-17(2,3)4/h8-9,12-14H,5-7,10-11H2,1-4H3,(H,20,22)/t13-,14-/m1/s1. The Bertz CT molecular complexity index is 501. The Labute approximate surface area is 138 Å². The van der Waals surface area contributed by atoms with E-state index in [0.29, 0.717) is 12.6 Å². The number of likely N-dealkylation sites (tertiary alicyclic amines) is 1. The molecule has 1 fully saturated rings. The minimum absolute atomic E-state index is 0.189. The van der Waals surface area contributed by atoms with Crippen LogP contribution in [-0.4, -0.2) is 45.7 Å². The SMILES string of the molecule is C[C@H](c1cnccn1)N1CCCC[C@@H]1CNC(=O)OC(C)(C)C. The average molecular weight is 320 g/mol. The van der Waals surface area contributed by atoms with E-state index < -0.39 is 5.60 Å². The van der Waals surface area contributed by atoms with Crippen LogP contribution in [0.4, 0.5) is 4.79 Å². The van der Waals surface area contributed by atoms with Crippen molar-refractivity contribution in [3.05, 3.63) is 24.3 Å². The van der Waals surface area contributed by atoms with Gasteiger partial charge in [0.1, 0.15) is 5.60 Å². The maximum atomic E-state index is 11.9. The second-order valence-electron chi connectivity index (χ2n) is 7.08. The molecule has 1 aromatic heterocycles. The summed E-state index contributed by atoms with van der Waals surface area (Å²) >= 11 is 0. The van der Waals surface area contributed by atoms with Gasteiger partial charge in [0.15, 0.2) is 0 Å². The van der Waals surface area contributed by atoms with Crippen molar-refractivity contribution in [1.29, 1.82) is 0 Å². The third kappa shape index (κ3) is 5.46. The molecule has 6 nitrogen and oxygen atoms in total. The van der Waals surface area contributed by atoms with Crippen molar-refractivity contribution < 1.29 is 9.53 Å². The van der Waals surface area contributed by atoms with Gasteiger partial charge in [-0.05, 0) is 47.1 Å². The molecule has 2 atom stereocenters. The molecule has 0 bridgehead atoms. The molecule has 0 spiro atoms. The van der Waals surface area contributed by atoms with Crippen LogP contribution in [0, 0.1) is 0 Å². The van der Waals surface area contributed by atoms with E-state index in [9.17, 15) is 4.79 Å². The third-order valence-electron chi connectivity index (χ3n) is 4.06. The predicted molar refractivity (Wildman–Crippen MR) is 89.0 cm³/mol. The molecule has 1 N–H and O–H groups in total. The zero-order valence-electron chi connectivity index (χ0n) is 14.6. The van der Waals surface area contributed by atoms with Gasteiger partial charge in [0.05, 0.1) is 11.7 Å². The number of nitrogens with zero attached hydrogens (tertiary/aromatic N) is 3. The lowest BCUT2D eigenvalue weighted by Crippen LogP contribution is -2.48. The molecule has 1 aromatic rings. The van der Waals surface area contributed by atoms with Gasteiger partial charge in [0, 0.05) is 31.2 Å². The van der Waals surface area contributed by atoms with Crippen molar-refractivity contribution in [3.63, 3.8) is 0 Å². The number of ether oxygens (including phenoxy) is 1. The second kappa shape index (κ2) is 7.73. The van der Waals surface area contributed by atoms with Gasteiger partial charge in [-0.15, -0.1) is 0 Å². The molecule has 2 rings (SSSR count). The Hall–Kier alpha value is -1.69. The predicted octanol–water partition coefficient (Wildman–Crippen LogP) is 2.92. The van der Waals surface area contributed by atoms with Gasteiger partial charge < -0.3 is 10.1 Å². The van der Waals surface area contributed by atoms with Crippen molar-refractivity contribution in [3.8, 4) is 0 Å². The van der Waals surface area contributed by atoms with Crippen LogP contribution in [0.1, 0.15) is 58.7 Å². The summed E-state index contributed by atoms with van der Waals surface area (Å²) in [6, 6.07) is 0.489. The van der Waals surface area contributed by atoms with Crippen molar-refractivity contribution in [2.24, 2.45) is 0 Å². The van der Waals surface area contributed by atoms with Gasteiger partial charge >= 0.3 is 6.09 Å². The lowest BCUT2D eigenvalue weighted by molar-refractivity contribution is 0.0470. The zero-order valence-corrected chi connectivity index (χ0v) is 14.6. The number of alkyl carbamates (subject to hydrolysis) is 1. The molecule has 1 aliphatic heterocycles. The molecular weight excluding hydrogens is 292 g/mol. The summed E-state index contributed by atoms with van der Waals surface area (Å²) < 4.78 is 5.32. The zero-order chi connectivity index (χ0) is 16.9. The van der Waals surface area contributed by atoms with Crippen LogP contribution in [0.25, 0.3) is 0 Å². The maximum absolute atomic E-state index is 11.9. The number of amides is 1. The highest BCUT2D eigenvalue weighted by Crippen LogP contribution is 2.26. The summed E-state index contributed by atoms with van der Waals surface area (Å²) in [5, 5.41) is 2.91. The van der Waals surface area contributed by atoms with Gasteiger partial charge in [-0.25, -0.2) is 4.79 Å². The van der Waals surface area contributed by atoms with E-state index in [4.69, 9.17) is 4.74 Å². The first-order valence-corrected chi connectivity index (χ1v) is 8.35. The first-order chi connectivity index (χ1) is 10.9. The van der Waals surface area contributed by atoms with E-state index in [-0.39, 0.29) is 12.1 Å². The molecule has 0 aromatic carbocycles. The highest BCUT2D eigenvalue weighted by atomic mass is 16.6. The first kappa shape index (κ1) is 17.7. The third-order valence-corrected chi connectivity index (χ3v) is 4.06. The van der Waals surface area contributed by atoms with Gasteiger partial charge in [0.25, 0.3) is 0 Å². The highest BCUT2D eigenvalue weighted by Gasteiger charge is 2.28. The molecule has 1 saturated heterocycles. The van der Waals surface area contributed by atoms with Crippen molar-refractivity contribution >= 4 is 6.09 Å². The first-order valence-electron chi connectivity index (χ1n) is 8.35. The number of hydrogen-bond acceptors (Lipinski definition) is 5. The van der Waals surface area contributed by atoms with Crippen LogP contribution in [0.2, 0.25) is 0 Å². The fourth-order valence-electron chi connectivity index (χ4n) is 2.96. The topological polar surface area (TPSA) is 67.4 Å². The van der Waals surface area contributed by atoms with Gasteiger partial charge in [-0.3, -0.25) is 14.9 Å². The Morgan fingerprint density at radius 2 is 2.22 bits per heavy atom. The quantitative estimate of drug-likeness (QED) is 0.924. The largest absolute Gasteiger partial charge is 0.444 e. The molecular formula is C17H28N4O2. The number of nitrogens with one attached hydrogen (secondary N) is 1. The summed E-state index contributed by atoms with van der Waals surface area (Å²) in [4.78, 5) is 22.9. The van der Waals surface area contributed by atoms with E-state index in [1.807, 2.05) is 27.0 Å². The van der Waals surface area contributed by atoms with Gasteiger partial charge in [-0.2, -0.15) is 0 Å². The van der Waals surface area contributed by atoms with Crippen LogP contribution < -0.4 is 5.32 Å². The van der Waals surface area contributed by atoms with Crippen LogP contribution >= 0.6 is 0 Å². The van der Waals surface area contributed by atoms with E-state index in [1.165, 1.54) is 12.8 Å². The van der Waals surface area contributed by atoms with Crippen molar-refractivity contribution in [2.75, 3.05) is 13.1 Å². The molecule has 23 heavy (non-hydrogen) atoms. The minimum atomic E-state index is -0.469. The lowest BCUT2D eigenvalue weighted by Gasteiger charge is -2.39. The van der Waals surface area contributed by atoms with Gasteiger partial charge in [-0.1, -0.05) is 6.42 Å². The fourth-order valence-corrected chi connectivity index (χ4v) is 2.96. The molecule has 2 heterocycles. The smallest absolute Gasteiger partial charge is 0.407 e. The number of carbonyl (C=O) groups excluding carboxylic acids is 1. The Balaban J connectivity index is 1.94. The average Bonchev–Trinajstić information content (AvgIpc) is 2.52. The number of carbonyl (C=O) groups is 1. The molecule has 0 unspecified atom stereocenters. The summed E-state index contributed by atoms with van der Waals surface area (Å²) in [6.07, 6.45) is 8.31. The number of piperidine rings is 1. The van der Waals surface area contributed by atoms with Gasteiger partial charge in [0.2, 0.25) is 0 Å². The summed E-state index contributed by atoms with van der Waals surface area (Å²) in [7, 11) is 0. The van der Waals surface area contributed by atoms with Crippen LogP contribution in [0.3, 0.4) is 0 Å². The Kier molecular flexibility index (Phi) is 5.93. The second-order valence-corrected chi connectivity index (χ2v) is 7.08. The molecule has 1 amide bonds. The summed E-state index contributed by atoms with van der Waals surface area (Å²) in [6.45, 7) is 9.37. The Morgan fingerprint density at radius 3 is 2.87 bits per heavy atom. The molecule has 6 heteroatoms. The van der Waals surface area contributed by atoms with Crippen LogP contribution in [0.15, 0.2) is 18.6 Å². The van der Waals surface area contributed by atoms with Crippen LogP contribution in [0.5, 0.6) is 0 Å². The van der Waals surface area contributed by atoms with Crippen LogP contribution in [-0.2, 0) is 4.74 Å². The monoisotopic (exact) mass is 320 g/mol. The van der Waals surface area contributed by atoms with Crippen molar-refractivity contribution in [2.45, 2.75) is 64.6 Å². The molecule has 0 aliphatic carbocycles. The Morgan fingerprint density at radius 1 is 1.43 bits per heavy atom. The van der Waals surface area contributed by atoms with Crippen molar-refractivity contribution in [1.82, 2.24) is 20.2 Å². The number of rotatable bonds is 4. The van der Waals surface area contributed by atoms with E-state index >= 15 is 0 Å². The minimum Gasteiger partial charge on any atom is -0.444 e. The highest BCUT2D eigenvalue weighted by molar-refractivity contribution is 5.67. The normalized spacial score (nSPS) is 20.8.